The molecule has 0 aliphatic heterocycles. The van der Waals surface area contributed by atoms with E-state index >= 15 is 0 Å². The minimum absolute atomic E-state index is 0.259. The van der Waals surface area contributed by atoms with Crippen LogP contribution in [0.2, 0.25) is 0 Å². The second kappa shape index (κ2) is 7.92. The standard InChI is InChI=1S/C21H19N3O4S/c1-12-16(13(2)28-24-12)11-27-15-7-4-6-14(10-15)20(25)23-21-22-19-17(26-3)8-5-9-18(19)29-21/h4-10H,11H2,1-3H3,(H,22,23,25). The molecule has 0 aliphatic rings. The predicted octanol–water partition coefficient (Wildman–Crippen LogP) is 4.74. The fraction of sp³-hybridized carbons (Fsp3) is 0.190. The van der Waals surface area contributed by atoms with Gasteiger partial charge in [0.15, 0.2) is 5.13 Å². The molecule has 7 nitrogen and oxygen atoms in total. The number of hydrogen-bond acceptors (Lipinski definition) is 7. The molecule has 0 bridgehead atoms. The summed E-state index contributed by atoms with van der Waals surface area (Å²) in [5, 5.41) is 7.27. The zero-order chi connectivity index (χ0) is 20.4. The number of benzene rings is 2. The van der Waals surface area contributed by atoms with E-state index in [2.05, 4.69) is 15.5 Å². The highest BCUT2D eigenvalue weighted by Gasteiger charge is 2.14. The molecule has 4 aromatic rings. The average Bonchev–Trinajstić information content (AvgIpc) is 3.28. The van der Waals surface area contributed by atoms with Gasteiger partial charge in [-0.3, -0.25) is 10.1 Å². The van der Waals surface area contributed by atoms with Gasteiger partial charge in [0.05, 0.1) is 23.1 Å². The summed E-state index contributed by atoms with van der Waals surface area (Å²) in [6.07, 6.45) is 0. The maximum atomic E-state index is 12.7. The molecule has 8 heteroatoms. The first-order valence-corrected chi connectivity index (χ1v) is 9.76. The summed E-state index contributed by atoms with van der Waals surface area (Å²) in [7, 11) is 1.60. The Morgan fingerprint density at radius 3 is 2.79 bits per heavy atom. The van der Waals surface area contributed by atoms with E-state index in [9.17, 15) is 4.79 Å². The number of anilines is 1. The van der Waals surface area contributed by atoms with Crippen molar-refractivity contribution in [2.24, 2.45) is 0 Å². The highest BCUT2D eigenvalue weighted by atomic mass is 32.1. The van der Waals surface area contributed by atoms with Crippen LogP contribution < -0.4 is 14.8 Å². The van der Waals surface area contributed by atoms with E-state index in [1.807, 2.05) is 32.0 Å². The Morgan fingerprint density at radius 1 is 1.21 bits per heavy atom. The second-order valence-corrected chi connectivity index (χ2v) is 7.43. The van der Waals surface area contributed by atoms with Crippen molar-refractivity contribution in [3.8, 4) is 11.5 Å². The molecular weight excluding hydrogens is 390 g/mol. The lowest BCUT2D eigenvalue weighted by molar-refractivity contribution is 0.102. The van der Waals surface area contributed by atoms with Gasteiger partial charge in [-0.2, -0.15) is 0 Å². The largest absolute Gasteiger partial charge is 0.494 e. The van der Waals surface area contributed by atoms with Crippen LogP contribution in [0.3, 0.4) is 0 Å². The number of thiazole rings is 1. The molecular formula is C21H19N3O4S. The molecule has 1 amide bonds. The molecule has 0 unspecified atom stereocenters. The van der Waals surface area contributed by atoms with Gasteiger partial charge >= 0.3 is 0 Å². The smallest absolute Gasteiger partial charge is 0.257 e. The fourth-order valence-corrected chi connectivity index (χ4v) is 3.78. The van der Waals surface area contributed by atoms with Crippen molar-refractivity contribution in [2.45, 2.75) is 20.5 Å². The average molecular weight is 409 g/mol. The summed E-state index contributed by atoms with van der Waals surface area (Å²) in [5.74, 6) is 1.73. The van der Waals surface area contributed by atoms with Crippen molar-refractivity contribution in [3.05, 3.63) is 65.0 Å². The predicted molar refractivity (Wildman–Crippen MR) is 111 cm³/mol. The van der Waals surface area contributed by atoms with Gasteiger partial charge in [-0.1, -0.05) is 28.6 Å². The highest BCUT2D eigenvalue weighted by Crippen LogP contribution is 2.32. The summed E-state index contributed by atoms with van der Waals surface area (Å²) in [6.45, 7) is 4.03. The Balaban J connectivity index is 1.48. The Hall–Kier alpha value is -3.39. The molecule has 0 saturated heterocycles. The maximum absolute atomic E-state index is 12.7. The fourth-order valence-electron chi connectivity index (χ4n) is 2.90. The van der Waals surface area contributed by atoms with E-state index in [0.29, 0.717) is 28.8 Å². The number of ether oxygens (including phenoxy) is 2. The van der Waals surface area contributed by atoms with Crippen LogP contribution in [0.25, 0.3) is 10.2 Å². The number of amides is 1. The Morgan fingerprint density at radius 2 is 2.03 bits per heavy atom. The second-order valence-electron chi connectivity index (χ2n) is 6.40. The van der Waals surface area contributed by atoms with Crippen LogP contribution in [0.4, 0.5) is 5.13 Å². The minimum atomic E-state index is -0.259. The lowest BCUT2D eigenvalue weighted by Gasteiger charge is -2.08. The lowest BCUT2D eigenvalue weighted by Crippen LogP contribution is -2.11. The van der Waals surface area contributed by atoms with E-state index in [1.165, 1.54) is 11.3 Å². The zero-order valence-electron chi connectivity index (χ0n) is 16.2. The maximum Gasteiger partial charge on any atom is 0.257 e. The summed E-state index contributed by atoms with van der Waals surface area (Å²) in [6, 6.07) is 12.7. The molecule has 0 fully saturated rings. The van der Waals surface area contributed by atoms with Crippen LogP contribution in [0.15, 0.2) is 47.0 Å². The minimum Gasteiger partial charge on any atom is -0.494 e. The molecule has 2 heterocycles. The van der Waals surface area contributed by atoms with Gasteiger partial charge in [-0.15, -0.1) is 0 Å². The summed E-state index contributed by atoms with van der Waals surface area (Å²) < 4.78 is 17.2. The summed E-state index contributed by atoms with van der Waals surface area (Å²) in [4.78, 5) is 17.2. The molecule has 29 heavy (non-hydrogen) atoms. The Kier molecular flexibility index (Phi) is 5.18. The van der Waals surface area contributed by atoms with Crippen LogP contribution in [0.5, 0.6) is 11.5 Å². The van der Waals surface area contributed by atoms with Gasteiger partial charge in [-0.05, 0) is 44.2 Å². The monoisotopic (exact) mass is 409 g/mol. The van der Waals surface area contributed by atoms with E-state index in [-0.39, 0.29) is 5.91 Å². The summed E-state index contributed by atoms with van der Waals surface area (Å²) >= 11 is 1.39. The lowest BCUT2D eigenvalue weighted by atomic mass is 10.2. The van der Waals surface area contributed by atoms with Crippen LogP contribution >= 0.6 is 11.3 Å². The Bertz CT molecular complexity index is 1160. The molecule has 0 aliphatic carbocycles. The van der Waals surface area contributed by atoms with Crippen molar-refractivity contribution in [1.82, 2.24) is 10.1 Å². The number of hydrogen-bond donors (Lipinski definition) is 1. The van der Waals surface area contributed by atoms with Crippen LogP contribution in [0.1, 0.15) is 27.4 Å². The van der Waals surface area contributed by atoms with Gasteiger partial charge < -0.3 is 14.0 Å². The number of nitrogens with one attached hydrogen (secondary N) is 1. The first-order valence-electron chi connectivity index (χ1n) is 8.94. The van der Waals surface area contributed by atoms with E-state index in [0.717, 1.165) is 27.2 Å². The number of carbonyl (C=O) groups excluding carboxylic acids is 1. The first kappa shape index (κ1) is 18.9. The topological polar surface area (TPSA) is 86.5 Å². The number of methoxy groups -OCH3 is 1. The molecule has 2 aromatic heterocycles. The van der Waals surface area contributed by atoms with Gasteiger partial charge in [0.2, 0.25) is 0 Å². The molecule has 148 valence electrons. The Labute approximate surface area is 171 Å². The van der Waals surface area contributed by atoms with Gasteiger partial charge in [-0.25, -0.2) is 4.98 Å². The highest BCUT2D eigenvalue weighted by molar-refractivity contribution is 7.22. The van der Waals surface area contributed by atoms with E-state index in [4.69, 9.17) is 14.0 Å². The zero-order valence-corrected chi connectivity index (χ0v) is 17.0. The molecule has 4 rings (SSSR count). The molecule has 2 aromatic carbocycles. The van der Waals surface area contributed by atoms with E-state index in [1.54, 1.807) is 31.4 Å². The molecule has 0 spiro atoms. The number of para-hydroxylation sites is 1. The molecule has 0 atom stereocenters. The van der Waals surface area contributed by atoms with Crippen LogP contribution in [-0.4, -0.2) is 23.2 Å². The third-order valence-corrected chi connectivity index (χ3v) is 5.42. The van der Waals surface area contributed by atoms with Crippen molar-refractivity contribution < 1.29 is 18.8 Å². The molecule has 0 saturated carbocycles. The van der Waals surface area contributed by atoms with Gasteiger partial charge in [0.1, 0.15) is 29.4 Å². The van der Waals surface area contributed by atoms with Crippen molar-refractivity contribution in [2.75, 3.05) is 12.4 Å². The molecule has 0 radical (unpaired) electrons. The number of aromatic nitrogens is 2. The first-order chi connectivity index (χ1) is 14.0. The number of nitrogens with zero attached hydrogens (tertiary/aromatic N) is 2. The van der Waals surface area contributed by atoms with Gasteiger partial charge in [0.25, 0.3) is 5.91 Å². The third kappa shape index (κ3) is 3.93. The summed E-state index contributed by atoms with van der Waals surface area (Å²) in [5.41, 5.74) is 2.91. The number of fused-ring (bicyclic) bond motifs is 1. The number of carbonyl (C=O) groups is 1. The SMILES string of the molecule is COc1cccc2sc(NC(=O)c3cccc(OCc4c(C)noc4C)c3)nc12. The van der Waals surface area contributed by atoms with Gasteiger partial charge in [0, 0.05) is 5.56 Å². The van der Waals surface area contributed by atoms with E-state index < -0.39 is 0 Å². The third-order valence-electron chi connectivity index (χ3n) is 4.48. The van der Waals surface area contributed by atoms with Crippen molar-refractivity contribution in [3.63, 3.8) is 0 Å². The van der Waals surface area contributed by atoms with Crippen LogP contribution in [0, 0.1) is 13.8 Å². The van der Waals surface area contributed by atoms with Crippen molar-refractivity contribution in [1.29, 1.82) is 0 Å². The van der Waals surface area contributed by atoms with Crippen LogP contribution in [-0.2, 0) is 6.61 Å². The number of rotatable bonds is 6. The van der Waals surface area contributed by atoms with Crippen molar-refractivity contribution >= 4 is 32.6 Å². The number of aryl methyl sites for hydroxylation is 2. The normalized spacial score (nSPS) is 10.9. The quantitative estimate of drug-likeness (QED) is 0.495. The molecule has 1 N–H and O–H groups in total.